The maximum absolute atomic E-state index is 14.9. The van der Waals surface area contributed by atoms with Crippen LogP contribution in [-0.2, 0) is 23.1 Å². The Kier molecular flexibility index (Phi) is 20.5. The number of aromatic nitrogens is 2. The standard InChI is InChI=1S/C36H54FN4O7P/c1-5-6-7-8-9-10-11-12-13-14-15-16-17-18-19-20-21-22-23-24-31(42)38-26-27-39-49(45,46-4)48-30(3)34-33(43)32(37)35(47-34)41-28-25-29(2)40-36(41)44/h6-7,9-10,12-13,15-16,18-19,21-22,25,28,30,32-35,43H,5,8,11,14,17,20,23-24,26-27H2,1-4H3,(H,38,42)(H,39,45). The number of carbonyl (C=O) groups excluding carboxylic acids is 1. The molecule has 2 heterocycles. The van der Waals surface area contributed by atoms with Crippen molar-refractivity contribution in [1.29, 1.82) is 0 Å². The molecule has 1 saturated heterocycles. The van der Waals surface area contributed by atoms with Crippen molar-refractivity contribution in [2.45, 2.75) is 103 Å². The third-order valence-corrected chi connectivity index (χ3v) is 9.07. The van der Waals surface area contributed by atoms with Crippen molar-refractivity contribution >= 4 is 13.7 Å². The minimum atomic E-state index is -3.90. The van der Waals surface area contributed by atoms with Crippen LogP contribution in [-0.4, -0.2) is 65.2 Å². The lowest BCUT2D eigenvalue weighted by Crippen LogP contribution is -2.38. The van der Waals surface area contributed by atoms with E-state index in [0.29, 0.717) is 18.5 Å². The molecule has 6 atom stereocenters. The SMILES string of the molecule is CCC=CCC=CCC=CCC=CCC=CCC=CCCC(=O)NCCNP(=O)(OC)OC(C)C1OC(n2ccc(C)nc2=O)C(F)C1O. The van der Waals surface area contributed by atoms with Crippen LogP contribution in [0.25, 0.3) is 0 Å². The number of aliphatic hydroxyl groups excluding tert-OH is 1. The van der Waals surface area contributed by atoms with Crippen LogP contribution in [0.5, 0.6) is 0 Å². The van der Waals surface area contributed by atoms with Gasteiger partial charge >= 0.3 is 13.4 Å². The van der Waals surface area contributed by atoms with Gasteiger partial charge in [-0.1, -0.05) is 79.8 Å². The fourth-order valence-corrected chi connectivity index (χ4v) is 5.96. The van der Waals surface area contributed by atoms with E-state index in [1.807, 2.05) is 12.2 Å². The predicted molar refractivity (Wildman–Crippen MR) is 192 cm³/mol. The molecule has 6 unspecified atom stereocenters. The fourth-order valence-electron chi connectivity index (χ4n) is 4.73. The number of nitrogens with zero attached hydrogens (tertiary/aromatic N) is 2. The van der Waals surface area contributed by atoms with Gasteiger partial charge in [0, 0.05) is 38.5 Å². The summed E-state index contributed by atoms with van der Waals surface area (Å²) in [4.78, 5) is 28.2. The monoisotopic (exact) mass is 704 g/mol. The number of amides is 1. The van der Waals surface area contributed by atoms with Crippen LogP contribution < -0.4 is 16.1 Å². The lowest BCUT2D eigenvalue weighted by Gasteiger charge is -2.26. The third kappa shape index (κ3) is 16.3. The highest BCUT2D eigenvalue weighted by atomic mass is 31.2. The van der Waals surface area contributed by atoms with Crippen LogP contribution in [0.1, 0.15) is 77.1 Å². The summed E-state index contributed by atoms with van der Waals surface area (Å²) in [5.74, 6) is -0.161. The highest BCUT2D eigenvalue weighted by Crippen LogP contribution is 2.46. The summed E-state index contributed by atoms with van der Waals surface area (Å²) in [6.07, 6.45) is 26.1. The Hall–Kier alpha value is -3.25. The molecule has 13 heteroatoms. The second-order valence-corrected chi connectivity index (χ2v) is 13.3. The molecular formula is C36H54FN4O7P. The van der Waals surface area contributed by atoms with Crippen LogP contribution in [0.3, 0.4) is 0 Å². The summed E-state index contributed by atoms with van der Waals surface area (Å²) < 4.78 is 45.1. The minimum absolute atomic E-state index is 0.0658. The number of allylic oxidation sites excluding steroid dienone is 12. The van der Waals surface area contributed by atoms with Crippen molar-refractivity contribution in [1.82, 2.24) is 20.0 Å². The van der Waals surface area contributed by atoms with Crippen LogP contribution in [0.4, 0.5) is 4.39 Å². The first-order valence-electron chi connectivity index (χ1n) is 16.9. The van der Waals surface area contributed by atoms with Crippen LogP contribution in [0.2, 0.25) is 0 Å². The highest BCUT2D eigenvalue weighted by Gasteiger charge is 2.49. The Morgan fingerprint density at radius 1 is 1.02 bits per heavy atom. The van der Waals surface area contributed by atoms with Gasteiger partial charge in [0.1, 0.15) is 12.2 Å². The number of alkyl halides is 1. The lowest BCUT2D eigenvalue weighted by atomic mass is 10.1. The van der Waals surface area contributed by atoms with Crippen molar-refractivity contribution in [2.24, 2.45) is 0 Å². The highest BCUT2D eigenvalue weighted by molar-refractivity contribution is 7.51. The molecule has 3 N–H and O–H groups in total. The molecule has 2 rings (SSSR count). The first kappa shape index (κ1) is 41.9. The second kappa shape index (κ2) is 24.0. The van der Waals surface area contributed by atoms with Crippen molar-refractivity contribution < 1.29 is 32.6 Å². The molecule has 1 aliphatic heterocycles. The van der Waals surface area contributed by atoms with E-state index in [9.17, 15) is 23.7 Å². The Balaban J connectivity index is 1.59. The van der Waals surface area contributed by atoms with E-state index in [4.69, 9.17) is 13.8 Å². The average molecular weight is 705 g/mol. The normalized spacial score (nSPS) is 22.1. The molecule has 1 aromatic heterocycles. The second-order valence-electron chi connectivity index (χ2n) is 11.4. The zero-order chi connectivity index (χ0) is 35.9. The molecule has 0 spiro atoms. The summed E-state index contributed by atoms with van der Waals surface area (Å²) in [5, 5.41) is 15.8. The number of ether oxygens (including phenoxy) is 1. The third-order valence-electron chi connectivity index (χ3n) is 7.37. The van der Waals surface area contributed by atoms with Crippen molar-refractivity contribution in [3.8, 4) is 0 Å². The summed E-state index contributed by atoms with van der Waals surface area (Å²) in [6.45, 7) is 5.43. The number of hydrogen-bond acceptors (Lipinski definition) is 8. The van der Waals surface area contributed by atoms with E-state index < -0.39 is 44.1 Å². The first-order chi connectivity index (χ1) is 23.6. The van der Waals surface area contributed by atoms with Gasteiger partial charge in [-0.2, -0.15) is 4.98 Å². The largest absolute Gasteiger partial charge is 0.405 e. The summed E-state index contributed by atoms with van der Waals surface area (Å²) in [6, 6.07) is 1.52. The van der Waals surface area contributed by atoms with Crippen LogP contribution in [0.15, 0.2) is 90.0 Å². The van der Waals surface area contributed by atoms with Gasteiger partial charge in [-0.3, -0.25) is 13.9 Å². The van der Waals surface area contributed by atoms with Gasteiger partial charge in [0.15, 0.2) is 12.4 Å². The van der Waals surface area contributed by atoms with Gasteiger partial charge in [0.2, 0.25) is 5.91 Å². The lowest BCUT2D eigenvalue weighted by molar-refractivity contribution is -0.120. The minimum Gasteiger partial charge on any atom is -0.387 e. The Bertz CT molecular complexity index is 1410. The number of carbonyl (C=O) groups is 1. The van der Waals surface area contributed by atoms with Crippen molar-refractivity contribution in [3.05, 3.63) is 101 Å². The van der Waals surface area contributed by atoms with Gasteiger partial charge < -0.3 is 19.7 Å². The number of aryl methyl sites for hydroxylation is 1. The summed E-state index contributed by atoms with van der Waals surface area (Å²) in [5.41, 5.74) is -0.269. The molecule has 0 radical (unpaired) electrons. The zero-order valence-corrected chi connectivity index (χ0v) is 30.1. The Morgan fingerprint density at radius 3 is 2.10 bits per heavy atom. The molecule has 0 saturated carbocycles. The smallest absolute Gasteiger partial charge is 0.387 e. The van der Waals surface area contributed by atoms with Gasteiger partial charge in [0.05, 0.1) is 6.10 Å². The molecule has 0 aliphatic carbocycles. The quantitative estimate of drug-likeness (QED) is 0.0662. The zero-order valence-electron chi connectivity index (χ0n) is 29.2. The maximum atomic E-state index is 14.9. The van der Waals surface area contributed by atoms with E-state index in [1.54, 1.807) is 6.92 Å². The fraction of sp³-hybridized carbons (Fsp3) is 0.528. The number of rotatable bonds is 23. The molecule has 1 aromatic rings. The Labute approximate surface area is 290 Å². The number of aliphatic hydroxyl groups is 1. The molecule has 0 bridgehead atoms. The molecule has 1 fully saturated rings. The number of nitrogens with one attached hydrogen (secondary N) is 2. The van der Waals surface area contributed by atoms with Crippen molar-refractivity contribution in [3.63, 3.8) is 0 Å². The van der Waals surface area contributed by atoms with Gasteiger partial charge in [-0.25, -0.2) is 18.8 Å². The molecule has 11 nitrogen and oxygen atoms in total. The molecular weight excluding hydrogens is 650 g/mol. The molecule has 1 amide bonds. The number of hydrogen-bond donors (Lipinski definition) is 3. The molecule has 49 heavy (non-hydrogen) atoms. The number of halogens is 1. The summed E-state index contributed by atoms with van der Waals surface area (Å²) in [7, 11) is -2.73. The predicted octanol–water partition coefficient (Wildman–Crippen LogP) is 6.49. The van der Waals surface area contributed by atoms with Gasteiger partial charge in [-0.15, -0.1) is 0 Å². The topological polar surface area (TPSA) is 141 Å². The van der Waals surface area contributed by atoms with E-state index in [1.165, 1.54) is 26.3 Å². The van der Waals surface area contributed by atoms with Crippen LogP contribution in [0, 0.1) is 6.92 Å². The molecule has 1 aliphatic rings. The average Bonchev–Trinajstić information content (AvgIpc) is 3.37. The van der Waals surface area contributed by atoms with E-state index >= 15 is 0 Å². The van der Waals surface area contributed by atoms with E-state index in [-0.39, 0.29) is 19.0 Å². The first-order valence-corrected chi connectivity index (χ1v) is 18.5. The van der Waals surface area contributed by atoms with E-state index in [2.05, 4.69) is 83.1 Å². The van der Waals surface area contributed by atoms with E-state index in [0.717, 1.165) is 43.1 Å². The Morgan fingerprint density at radius 2 is 1.57 bits per heavy atom. The van der Waals surface area contributed by atoms with Crippen molar-refractivity contribution in [2.75, 3.05) is 20.2 Å². The van der Waals surface area contributed by atoms with Crippen LogP contribution >= 0.6 is 7.75 Å². The molecule has 0 aromatic carbocycles. The van der Waals surface area contributed by atoms with Gasteiger partial charge in [-0.05, 0) is 64.9 Å². The maximum Gasteiger partial charge on any atom is 0.405 e. The van der Waals surface area contributed by atoms with Gasteiger partial charge in [0.25, 0.3) is 0 Å². The molecule has 272 valence electrons. The summed E-state index contributed by atoms with van der Waals surface area (Å²) >= 11 is 0.